The molecule has 5 heteroatoms. The molecular formula is C16H18N2O3. The quantitative estimate of drug-likeness (QED) is 0.450. The van der Waals surface area contributed by atoms with Crippen LogP contribution in [0.25, 0.3) is 0 Å². The smallest absolute Gasteiger partial charge is 0.318 e. The topological polar surface area (TPSA) is 78.4 Å². The van der Waals surface area contributed by atoms with Gasteiger partial charge in [-0.05, 0) is 24.1 Å². The van der Waals surface area contributed by atoms with Gasteiger partial charge in [0, 0.05) is 5.69 Å². The Hall–Kier alpha value is -2.66. The number of hydrogen-bond donors (Lipinski definition) is 3. The van der Waals surface area contributed by atoms with Gasteiger partial charge >= 0.3 is 11.8 Å². The average Bonchev–Trinajstić information content (AvgIpc) is 2.56. The van der Waals surface area contributed by atoms with Gasteiger partial charge in [0.2, 0.25) is 0 Å². The number of hydrogen-bond acceptors (Lipinski definition) is 3. The molecular weight excluding hydrogens is 268 g/mol. The van der Waals surface area contributed by atoms with E-state index in [1.54, 1.807) is 30.3 Å². The highest BCUT2D eigenvalue weighted by atomic mass is 16.5. The minimum Gasteiger partial charge on any atom is -0.318 e. The van der Waals surface area contributed by atoms with Crippen molar-refractivity contribution in [2.24, 2.45) is 0 Å². The molecule has 0 spiro atoms. The zero-order valence-electron chi connectivity index (χ0n) is 11.7. The fraction of sp³-hybridized carbons (Fsp3) is 0.125. The molecule has 0 saturated carbocycles. The number of amides is 2. The Labute approximate surface area is 123 Å². The van der Waals surface area contributed by atoms with Crippen LogP contribution in [0.3, 0.4) is 0 Å². The van der Waals surface area contributed by atoms with Gasteiger partial charge in [-0.15, -0.1) is 0 Å². The molecule has 0 saturated heterocycles. The maximum atomic E-state index is 10.9. The van der Waals surface area contributed by atoms with Crippen molar-refractivity contribution in [3.63, 3.8) is 0 Å². The second-order valence-electron chi connectivity index (χ2n) is 4.10. The van der Waals surface area contributed by atoms with Crippen LogP contribution in [0.5, 0.6) is 0 Å². The minimum absolute atomic E-state index is 0.496. The van der Waals surface area contributed by atoms with Crippen LogP contribution in [0.4, 0.5) is 5.69 Å². The molecule has 0 aromatic heterocycles. The molecule has 21 heavy (non-hydrogen) atoms. The van der Waals surface area contributed by atoms with Crippen LogP contribution < -0.4 is 10.8 Å². The molecule has 2 aromatic rings. The highest BCUT2D eigenvalue weighted by molar-refractivity contribution is 6.39. The van der Waals surface area contributed by atoms with Crippen molar-refractivity contribution >= 4 is 17.5 Å². The van der Waals surface area contributed by atoms with E-state index >= 15 is 0 Å². The Balaban J connectivity index is 0.000000235. The molecule has 0 bridgehead atoms. The van der Waals surface area contributed by atoms with Crippen LogP contribution in [0.15, 0.2) is 60.7 Å². The molecule has 3 N–H and O–H groups in total. The molecule has 0 radical (unpaired) electrons. The fourth-order valence-corrected chi connectivity index (χ4v) is 1.47. The van der Waals surface area contributed by atoms with E-state index in [0.29, 0.717) is 5.69 Å². The molecule has 0 heterocycles. The molecule has 0 fully saturated rings. The van der Waals surface area contributed by atoms with Crippen molar-refractivity contribution in [2.45, 2.75) is 13.3 Å². The molecule has 2 rings (SSSR count). The number of rotatable bonds is 2. The summed E-state index contributed by atoms with van der Waals surface area (Å²) in [4.78, 5) is 21.4. The third-order valence-corrected chi connectivity index (χ3v) is 2.59. The van der Waals surface area contributed by atoms with Crippen molar-refractivity contribution in [1.29, 1.82) is 0 Å². The standard InChI is InChI=1S/C8H8N2O3.C8H10/c11-7(8(12)10-13)9-6-4-2-1-3-5-6;1-2-8-6-4-3-5-7-8/h1-5,13H,(H,9,11)(H,10,12);3-7H,2H2,1H3. The van der Waals surface area contributed by atoms with Gasteiger partial charge in [0.15, 0.2) is 0 Å². The number of nitrogens with one attached hydrogen (secondary N) is 2. The zero-order chi connectivity index (χ0) is 15.5. The third-order valence-electron chi connectivity index (χ3n) is 2.59. The van der Waals surface area contributed by atoms with Gasteiger partial charge < -0.3 is 5.32 Å². The highest BCUT2D eigenvalue weighted by Gasteiger charge is 2.11. The summed E-state index contributed by atoms with van der Waals surface area (Å²) in [5.41, 5.74) is 3.14. The Morgan fingerprint density at radius 1 is 0.905 bits per heavy atom. The summed E-state index contributed by atoms with van der Waals surface area (Å²) in [6.07, 6.45) is 1.14. The largest absolute Gasteiger partial charge is 0.332 e. The van der Waals surface area contributed by atoms with E-state index in [1.807, 2.05) is 6.07 Å². The van der Waals surface area contributed by atoms with Gasteiger partial charge in [-0.3, -0.25) is 14.8 Å². The van der Waals surface area contributed by atoms with E-state index in [2.05, 4.69) is 36.5 Å². The fourth-order valence-electron chi connectivity index (χ4n) is 1.47. The monoisotopic (exact) mass is 286 g/mol. The lowest BCUT2D eigenvalue weighted by Crippen LogP contribution is -2.33. The van der Waals surface area contributed by atoms with E-state index in [-0.39, 0.29) is 0 Å². The molecule has 0 atom stereocenters. The van der Waals surface area contributed by atoms with Gasteiger partial charge in [0.25, 0.3) is 0 Å². The number of carbonyl (C=O) groups excluding carboxylic acids is 2. The van der Waals surface area contributed by atoms with E-state index in [9.17, 15) is 9.59 Å². The van der Waals surface area contributed by atoms with Gasteiger partial charge in [0.1, 0.15) is 0 Å². The molecule has 5 nitrogen and oxygen atoms in total. The van der Waals surface area contributed by atoms with Gasteiger partial charge in [-0.25, -0.2) is 5.48 Å². The molecule has 0 aliphatic carbocycles. The first-order valence-electron chi connectivity index (χ1n) is 6.51. The first-order chi connectivity index (χ1) is 10.2. The second kappa shape index (κ2) is 9.28. The molecule has 0 unspecified atom stereocenters. The SMILES string of the molecule is CCc1ccccc1.O=C(NO)C(=O)Nc1ccccc1. The van der Waals surface area contributed by atoms with E-state index in [1.165, 1.54) is 11.0 Å². The van der Waals surface area contributed by atoms with Crippen LogP contribution in [-0.2, 0) is 16.0 Å². The summed E-state index contributed by atoms with van der Waals surface area (Å²) in [5.74, 6) is -2.00. The maximum absolute atomic E-state index is 10.9. The summed E-state index contributed by atoms with van der Waals surface area (Å²) in [5, 5.41) is 10.4. The van der Waals surface area contributed by atoms with Crippen LogP contribution >= 0.6 is 0 Å². The number of anilines is 1. The van der Waals surface area contributed by atoms with Crippen LogP contribution in [0, 0.1) is 0 Å². The van der Waals surface area contributed by atoms with Gasteiger partial charge in [-0.1, -0.05) is 55.5 Å². The highest BCUT2D eigenvalue weighted by Crippen LogP contribution is 2.03. The lowest BCUT2D eigenvalue weighted by Gasteiger charge is -2.01. The normalized spacial score (nSPS) is 9.05. The van der Waals surface area contributed by atoms with Gasteiger partial charge in [-0.2, -0.15) is 0 Å². The lowest BCUT2D eigenvalue weighted by molar-refractivity contribution is -0.141. The lowest BCUT2D eigenvalue weighted by atomic mass is 10.2. The molecule has 0 aliphatic rings. The summed E-state index contributed by atoms with van der Waals surface area (Å²) in [6.45, 7) is 2.16. The van der Waals surface area contributed by atoms with Crippen molar-refractivity contribution in [3.8, 4) is 0 Å². The summed E-state index contributed by atoms with van der Waals surface area (Å²) < 4.78 is 0. The predicted octanol–water partition coefficient (Wildman–Crippen LogP) is 2.38. The van der Waals surface area contributed by atoms with Crippen molar-refractivity contribution in [2.75, 3.05) is 5.32 Å². The van der Waals surface area contributed by atoms with Crippen molar-refractivity contribution in [1.82, 2.24) is 5.48 Å². The predicted molar refractivity (Wildman–Crippen MR) is 80.8 cm³/mol. The number of benzene rings is 2. The maximum Gasteiger partial charge on any atom is 0.332 e. The molecule has 2 amide bonds. The Morgan fingerprint density at radius 3 is 1.86 bits per heavy atom. The van der Waals surface area contributed by atoms with E-state index < -0.39 is 11.8 Å². The molecule has 2 aromatic carbocycles. The number of aryl methyl sites for hydroxylation is 1. The first-order valence-corrected chi connectivity index (χ1v) is 6.51. The van der Waals surface area contributed by atoms with Gasteiger partial charge in [0.05, 0.1) is 0 Å². The zero-order valence-corrected chi connectivity index (χ0v) is 11.7. The average molecular weight is 286 g/mol. The van der Waals surface area contributed by atoms with E-state index in [0.717, 1.165) is 6.42 Å². The summed E-state index contributed by atoms with van der Waals surface area (Å²) in [7, 11) is 0. The van der Waals surface area contributed by atoms with Crippen LogP contribution in [-0.4, -0.2) is 17.0 Å². The third kappa shape index (κ3) is 6.35. The minimum atomic E-state index is -1.09. The number of para-hydroxylation sites is 1. The van der Waals surface area contributed by atoms with Crippen molar-refractivity contribution in [3.05, 3.63) is 66.2 Å². The van der Waals surface area contributed by atoms with E-state index in [4.69, 9.17) is 5.21 Å². The van der Waals surface area contributed by atoms with Crippen molar-refractivity contribution < 1.29 is 14.8 Å². The Bertz CT molecular complexity index is 556. The molecule has 0 aliphatic heterocycles. The van der Waals surface area contributed by atoms with Crippen LogP contribution in [0.2, 0.25) is 0 Å². The summed E-state index contributed by atoms with van der Waals surface area (Å²) in [6, 6.07) is 18.9. The molecule has 110 valence electrons. The number of carbonyl (C=O) groups is 2. The summed E-state index contributed by atoms with van der Waals surface area (Å²) >= 11 is 0. The Morgan fingerprint density at radius 2 is 1.43 bits per heavy atom. The number of hydroxylamine groups is 1. The second-order valence-corrected chi connectivity index (χ2v) is 4.10. The Kier molecular flexibility index (Phi) is 7.24. The first kappa shape index (κ1) is 16.4. The van der Waals surface area contributed by atoms with Crippen LogP contribution in [0.1, 0.15) is 12.5 Å².